The third-order valence-electron chi connectivity index (χ3n) is 5.45. The van der Waals surface area contributed by atoms with Crippen molar-refractivity contribution in [3.8, 4) is 0 Å². The average molecular weight is 398 g/mol. The lowest BCUT2D eigenvalue weighted by Crippen LogP contribution is -2.40. The Morgan fingerprint density at radius 2 is 2.00 bits per heavy atom. The van der Waals surface area contributed by atoms with Gasteiger partial charge in [0, 0.05) is 40.4 Å². The Labute approximate surface area is 170 Å². The summed E-state index contributed by atoms with van der Waals surface area (Å²) in [6.45, 7) is 2.82. The zero-order chi connectivity index (χ0) is 18.8. The fraction of sp³-hybridized carbons (Fsp3) is 0.318. The van der Waals surface area contributed by atoms with Crippen molar-refractivity contribution in [3.63, 3.8) is 0 Å². The minimum atomic E-state index is 0.493. The molecule has 0 saturated heterocycles. The first kappa shape index (κ1) is 18.3. The summed E-state index contributed by atoms with van der Waals surface area (Å²) in [5.41, 5.74) is 4.50. The number of thiocarbonyl (C=S) groups is 1. The van der Waals surface area contributed by atoms with Gasteiger partial charge in [0.25, 0.3) is 0 Å². The SMILES string of the molecule is Cc1cc(NC(=S)N(Cc2c[nH]c3ccccc23)C2CCCC2)ccc1Cl. The molecule has 1 heterocycles. The molecule has 27 heavy (non-hydrogen) atoms. The van der Waals surface area contributed by atoms with E-state index >= 15 is 0 Å². The summed E-state index contributed by atoms with van der Waals surface area (Å²) < 4.78 is 0. The minimum Gasteiger partial charge on any atom is -0.361 e. The Balaban J connectivity index is 1.58. The van der Waals surface area contributed by atoms with Crippen LogP contribution in [0.25, 0.3) is 10.9 Å². The van der Waals surface area contributed by atoms with Crippen LogP contribution in [0.1, 0.15) is 36.8 Å². The molecule has 1 aliphatic carbocycles. The third kappa shape index (κ3) is 3.97. The number of rotatable bonds is 4. The van der Waals surface area contributed by atoms with Crippen molar-refractivity contribution in [3.05, 3.63) is 64.8 Å². The Morgan fingerprint density at radius 1 is 1.22 bits per heavy atom. The molecule has 5 heteroatoms. The maximum atomic E-state index is 6.16. The zero-order valence-electron chi connectivity index (χ0n) is 15.5. The van der Waals surface area contributed by atoms with Crippen LogP contribution in [0.15, 0.2) is 48.7 Å². The summed E-state index contributed by atoms with van der Waals surface area (Å²) in [6.07, 6.45) is 7.06. The van der Waals surface area contributed by atoms with Gasteiger partial charge in [0.05, 0.1) is 0 Å². The maximum absolute atomic E-state index is 6.16. The smallest absolute Gasteiger partial charge is 0.173 e. The van der Waals surface area contributed by atoms with Crippen molar-refractivity contribution >= 4 is 45.5 Å². The summed E-state index contributed by atoms with van der Waals surface area (Å²) >= 11 is 12.0. The highest BCUT2D eigenvalue weighted by Gasteiger charge is 2.25. The number of nitrogens with zero attached hydrogens (tertiary/aromatic N) is 1. The van der Waals surface area contributed by atoms with E-state index in [4.69, 9.17) is 23.8 Å². The second kappa shape index (κ2) is 7.91. The number of hydrogen-bond acceptors (Lipinski definition) is 1. The molecule has 0 amide bonds. The van der Waals surface area contributed by atoms with E-state index in [0.717, 1.165) is 27.9 Å². The molecular formula is C22H24ClN3S. The summed E-state index contributed by atoms with van der Waals surface area (Å²) in [5.74, 6) is 0. The lowest BCUT2D eigenvalue weighted by Gasteiger charge is -2.31. The summed E-state index contributed by atoms with van der Waals surface area (Å²) in [5, 5.41) is 6.27. The highest BCUT2D eigenvalue weighted by Crippen LogP contribution is 2.28. The molecule has 1 aliphatic rings. The van der Waals surface area contributed by atoms with Crippen molar-refractivity contribution in [2.75, 3.05) is 5.32 Å². The highest BCUT2D eigenvalue weighted by atomic mass is 35.5. The van der Waals surface area contributed by atoms with Gasteiger partial charge in [-0.2, -0.15) is 0 Å². The Morgan fingerprint density at radius 3 is 2.78 bits per heavy atom. The molecule has 4 rings (SSSR count). The van der Waals surface area contributed by atoms with Gasteiger partial charge < -0.3 is 15.2 Å². The largest absolute Gasteiger partial charge is 0.361 e. The lowest BCUT2D eigenvalue weighted by atomic mass is 10.1. The van der Waals surface area contributed by atoms with Gasteiger partial charge in [0.1, 0.15) is 0 Å². The van der Waals surface area contributed by atoms with Gasteiger partial charge in [-0.25, -0.2) is 0 Å². The molecule has 2 N–H and O–H groups in total. The van der Waals surface area contributed by atoms with Gasteiger partial charge in [-0.05, 0) is 67.4 Å². The lowest BCUT2D eigenvalue weighted by molar-refractivity contribution is 0.313. The van der Waals surface area contributed by atoms with E-state index in [2.05, 4.69) is 45.7 Å². The first-order valence-corrected chi connectivity index (χ1v) is 10.3. The fourth-order valence-electron chi connectivity index (χ4n) is 3.95. The van der Waals surface area contributed by atoms with Crippen molar-refractivity contribution in [2.24, 2.45) is 0 Å². The van der Waals surface area contributed by atoms with Crippen LogP contribution in [0.2, 0.25) is 5.02 Å². The van der Waals surface area contributed by atoms with E-state index in [-0.39, 0.29) is 0 Å². The second-order valence-electron chi connectivity index (χ2n) is 7.32. The zero-order valence-corrected chi connectivity index (χ0v) is 17.0. The van der Waals surface area contributed by atoms with Crippen molar-refractivity contribution in [2.45, 2.75) is 45.2 Å². The van der Waals surface area contributed by atoms with Crippen LogP contribution in [-0.2, 0) is 6.54 Å². The van der Waals surface area contributed by atoms with Crippen LogP contribution in [-0.4, -0.2) is 21.0 Å². The van der Waals surface area contributed by atoms with Gasteiger partial charge in [0.2, 0.25) is 0 Å². The van der Waals surface area contributed by atoms with E-state index in [0.29, 0.717) is 6.04 Å². The number of anilines is 1. The number of aromatic amines is 1. The van der Waals surface area contributed by atoms with Gasteiger partial charge in [-0.3, -0.25) is 0 Å². The Kier molecular flexibility index (Phi) is 5.37. The average Bonchev–Trinajstić information content (AvgIpc) is 3.32. The second-order valence-corrected chi connectivity index (χ2v) is 8.11. The number of aryl methyl sites for hydroxylation is 1. The van der Waals surface area contributed by atoms with E-state index in [1.165, 1.54) is 42.1 Å². The van der Waals surface area contributed by atoms with Crippen LogP contribution in [0.4, 0.5) is 5.69 Å². The molecule has 3 aromatic rings. The number of benzene rings is 2. The van der Waals surface area contributed by atoms with Gasteiger partial charge in [0.15, 0.2) is 5.11 Å². The molecule has 1 saturated carbocycles. The Bertz CT molecular complexity index is 959. The Hall–Kier alpha value is -2.04. The number of nitrogens with one attached hydrogen (secondary N) is 2. The monoisotopic (exact) mass is 397 g/mol. The molecule has 0 atom stereocenters. The molecule has 0 radical (unpaired) electrons. The van der Waals surface area contributed by atoms with Crippen molar-refractivity contribution in [1.82, 2.24) is 9.88 Å². The summed E-state index contributed by atoms with van der Waals surface area (Å²) in [6, 6.07) is 14.9. The molecule has 0 aliphatic heterocycles. The first-order chi connectivity index (χ1) is 13.1. The molecule has 3 nitrogen and oxygen atoms in total. The number of para-hydroxylation sites is 1. The molecule has 2 aromatic carbocycles. The third-order valence-corrected chi connectivity index (χ3v) is 6.21. The molecule has 0 bridgehead atoms. The van der Waals surface area contributed by atoms with Crippen LogP contribution < -0.4 is 5.32 Å². The van der Waals surface area contributed by atoms with Gasteiger partial charge >= 0.3 is 0 Å². The number of fused-ring (bicyclic) bond motifs is 1. The van der Waals surface area contributed by atoms with Crippen LogP contribution in [0.3, 0.4) is 0 Å². The van der Waals surface area contributed by atoms with E-state index in [1.54, 1.807) is 0 Å². The maximum Gasteiger partial charge on any atom is 0.173 e. The quantitative estimate of drug-likeness (QED) is 0.508. The van der Waals surface area contributed by atoms with Crippen LogP contribution in [0.5, 0.6) is 0 Å². The highest BCUT2D eigenvalue weighted by molar-refractivity contribution is 7.80. The van der Waals surface area contributed by atoms with E-state index in [1.807, 2.05) is 25.1 Å². The van der Waals surface area contributed by atoms with Crippen LogP contribution >= 0.6 is 23.8 Å². The molecule has 140 valence electrons. The molecule has 0 unspecified atom stereocenters. The minimum absolute atomic E-state index is 0.493. The number of H-pyrrole nitrogens is 1. The normalized spacial score (nSPS) is 14.6. The van der Waals surface area contributed by atoms with Crippen molar-refractivity contribution < 1.29 is 0 Å². The van der Waals surface area contributed by atoms with Crippen LogP contribution in [0, 0.1) is 6.92 Å². The number of halogens is 1. The standard InChI is InChI=1S/C22H24ClN3S/c1-15-12-17(10-11-20(15)23)25-22(27)26(18-6-2-3-7-18)14-16-13-24-21-9-5-4-8-19(16)21/h4-5,8-13,18,24H,2-3,6-7,14H2,1H3,(H,25,27). The number of hydrogen-bond donors (Lipinski definition) is 2. The molecular weight excluding hydrogens is 374 g/mol. The predicted molar refractivity (Wildman–Crippen MR) is 119 cm³/mol. The van der Waals surface area contributed by atoms with Crippen molar-refractivity contribution in [1.29, 1.82) is 0 Å². The number of aromatic nitrogens is 1. The first-order valence-electron chi connectivity index (χ1n) is 9.50. The topological polar surface area (TPSA) is 31.1 Å². The predicted octanol–water partition coefficient (Wildman–Crippen LogP) is 6.27. The fourth-order valence-corrected chi connectivity index (χ4v) is 4.40. The molecule has 1 fully saturated rings. The summed E-state index contributed by atoms with van der Waals surface area (Å²) in [7, 11) is 0. The summed E-state index contributed by atoms with van der Waals surface area (Å²) in [4.78, 5) is 5.74. The van der Waals surface area contributed by atoms with E-state index < -0.39 is 0 Å². The molecule has 0 spiro atoms. The van der Waals surface area contributed by atoms with Gasteiger partial charge in [-0.1, -0.05) is 42.6 Å². The molecule has 1 aromatic heterocycles. The van der Waals surface area contributed by atoms with E-state index in [9.17, 15) is 0 Å². The van der Waals surface area contributed by atoms with Gasteiger partial charge in [-0.15, -0.1) is 0 Å².